The van der Waals surface area contributed by atoms with Crippen LogP contribution in [-0.4, -0.2) is 55.0 Å². The normalized spacial score (nSPS) is 22.5. The van der Waals surface area contributed by atoms with E-state index in [2.05, 4.69) is 22.8 Å². The topological polar surface area (TPSA) is 114 Å². The number of alkyl carbamates (subject to hydrolysis) is 1. The van der Waals surface area contributed by atoms with Gasteiger partial charge in [-0.05, 0) is 36.1 Å². The van der Waals surface area contributed by atoms with Gasteiger partial charge in [0.2, 0.25) is 5.91 Å². The average Bonchev–Trinajstić information content (AvgIpc) is 3.31. The maximum atomic E-state index is 12.5. The van der Waals surface area contributed by atoms with E-state index in [0.717, 1.165) is 22.3 Å². The van der Waals surface area contributed by atoms with Crippen molar-refractivity contribution in [1.82, 2.24) is 10.6 Å². The van der Waals surface area contributed by atoms with Gasteiger partial charge in [0.15, 0.2) is 0 Å². The molecule has 1 fully saturated rings. The number of fused-ring (bicyclic) bond motifs is 3. The minimum atomic E-state index is -1.21. The van der Waals surface area contributed by atoms with Crippen LogP contribution in [0, 0.1) is 5.41 Å². The molecule has 32 heavy (non-hydrogen) atoms. The predicted octanol–water partition coefficient (Wildman–Crippen LogP) is 2.52. The van der Waals surface area contributed by atoms with Crippen molar-refractivity contribution in [2.45, 2.75) is 31.8 Å². The molecule has 0 bridgehead atoms. The molecule has 2 amide bonds. The molecule has 8 heteroatoms. The van der Waals surface area contributed by atoms with E-state index >= 15 is 0 Å². The molecule has 0 radical (unpaired) electrons. The number of aliphatic carboxylic acids is 1. The van der Waals surface area contributed by atoms with E-state index < -0.39 is 35.5 Å². The molecule has 3 atom stereocenters. The summed E-state index contributed by atoms with van der Waals surface area (Å²) >= 11 is 0. The van der Waals surface area contributed by atoms with Crippen LogP contribution in [0.3, 0.4) is 0 Å². The summed E-state index contributed by atoms with van der Waals surface area (Å²) in [6.07, 6.45) is -0.710. The number of carboxylic acid groups (broad SMARTS) is 1. The van der Waals surface area contributed by atoms with Gasteiger partial charge in [0, 0.05) is 5.92 Å². The second-order valence-electron chi connectivity index (χ2n) is 8.49. The predicted molar refractivity (Wildman–Crippen MR) is 116 cm³/mol. The van der Waals surface area contributed by atoms with Crippen LogP contribution in [0.1, 0.15) is 30.9 Å². The number of ether oxygens (including phenoxy) is 2. The Labute approximate surface area is 185 Å². The van der Waals surface area contributed by atoms with Gasteiger partial charge in [-0.2, -0.15) is 0 Å². The number of benzene rings is 2. The molecule has 1 heterocycles. The van der Waals surface area contributed by atoms with Crippen molar-refractivity contribution in [3.05, 3.63) is 59.7 Å². The van der Waals surface area contributed by atoms with Crippen molar-refractivity contribution in [1.29, 1.82) is 0 Å². The van der Waals surface area contributed by atoms with Crippen molar-refractivity contribution in [3.63, 3.8) is 0 Å². The molecular formula is C24H26N2O6. The molecular weight excluding hydrogens is 412 g/mol. The van der Waals surface area contributed by atoms with Gasteiger partial charge in [-0.1, -0.05) is 48.5 Å². The van der Waals surface area contributed by atoms with E-state index in [-0.39, 0.29) is 25.7 Å². The quantitative estimate of drug-likeness (QED) is 0.639. The minimum absolute atomic E-state index is 0.0153. The lowest BCUT2D eigenvalue weighted by Gasteiger charge is -2.26. The van der Waals surface area contributed by atoms with Crippen molar-refractivity contribution in [2.75, 3.05) is 19.8 Å². The van der Waals surface area contributed by atoms with Crippen molar-refractivity contribution in [3.8, 4) is 11.1 Å². The molecule has 2 aromatic carbocycles. The number of carbonyl (C=O) groups is 3. The summed E-state index contributed by atoms with van der Waals surface area (Å²) in [7, 11) is 0. The fourth-order valence-corrected chi connectivity index (χ4v) is 4.26. The minimum Gasteiger partial charge on any atom is -0.481 e. The van der Waals surface area contributed by atoms with E-state index in [4.69, 9.17) is 9.47 Å². The lowest BCUT2D eigenvalue weighted by Crippen LogP contribution is -2.54. The largest absolute Gasteiger partial charge is 0.481 e. The van der Waals surface area contributed by atoms with Crippen LogP contribution in [-0.2, 0) is 19.1 Å². The molecule has 168 valence electrons. The summed E-state index contributed by atoms with van der Waals surface area (Å²) in [5.74, 6) is -1.62. The second kappa shape index (κ2) is 8.63. The number of amides is 2. The van der Waals surface area contributed by atoms with Crippen LogP contribution < -0.4 is 10.6 Å². The lowest BCUT2D eigenvalue weighted by molar-refractivity contribution is -0.149. The molecule has 2 aliphatic rings. The summed E-state index contributed by atoms with van der Waals surface area (Å²) in [4.78, 5) is 36.4. The first-order valence-electron chi connectivity index (χ1n) is 10.5. The lowest BCUT2D eigenvalue weighted by atomic mass is 9.85. The van der Waals surface area contributed by atoms with Crippen LogP contribution in [0.5, 0.6) is 0 Å². The highest BCUT2D eigenvalue weighted by Gasteiger charge is 2.47. The van der Waals surface area contributed by atoms with Crippen LogP contribution in [0.4, 0.5) is 4.79 Å². The van der Waals surface area contributed by atoms with Gasteiger partial charge in [0.25, 0.3) is 0 Å². The van der Waals surface area contributed by atoms with Crippen molar-refractivity contribution >= 4 is 18.0 Å². The number of carbonyl (C=O) groups excluding carboxylic acids is 2. The summed E-state index contributed by atoms with van der Waals surface area (Å²) in [6.45, 7) is 3.30. The molecule has 1 saturated heterocycles. The fourth-order valence-electron chi connectivity index (χ4n) is 4.26. The second-order valence-corrected chi connectivity index (χ2v) is 8.49. The van der Waals surface area contributed by atoms with Crippen molar-refractivity contribution in [2.24, 2.45) is 5.41 Å². The molecule has 0 spiro atoms. The Morgan fingerprint density at radius 2 is 1.72 bits per heavy atom. The Hall–Kier alpha value is -3.39. The summed E-state index contributed by atoms with van der Waals surface area (Å²) in [5.41, 5.74) is 3.25. The number of rotatable bonds is 6. The monoisotopic (exact) mass is 438 g/mol. The highest BCUT2D eigenvalue weighted by molar-refractivity contribution is 5.86. The van der Waals surface area contributed by atoms with Crippen LogP contribution >= 0.6 is 0 Å². The van der Waals surface area contributed by atoms with Gasteiger partial charge in [-0.3, -0.25) is 9.59 Å². The summed E-state index contributed by atoms with van der Waals surface area (Å²) < 4.78 is 10.7. The molecule has 1 aliphatic carbocycles. The maximum Gasteiger partial charge on any atom is 0.407 e. The maximum absolute atomic E-state index is 12.5. The zero-order valence-corrected chi connectivity index (χ0v) is 18.0. The van der Waals surface area contributed by atoms with Crippen LogP contribution in [0.2, 0.25) is 0 Å². The van der Waals surface area contributed by atoms with E-state index in [1.54, 1.807) is 0 Å². The third kappa shape index (κ3) is 3.93. The van der Waals surface area contributed by atoms with Gasteiger partial charge in [-0.15, -0.1) is 0 Å². The van der Waals surface area contributed by atoms with E-state index in [1.807, 2.05) is 36.4 Å². The van der Waals surface area contributed by atoms with E-state index in [9.17, 15) is 19.5 Å². The van der Waals surface area contributed by atoms with E-state index in [0.29, 0.717) is 0 Å². The average molecular weight is 438 g/mol. The summed E-state index contributed by atoms with van der Waals surface area (Å²) in [6, 6.07) is 14.5. The molecule has 0 saturated carbocycles. The number of hydrogen-bond acceptors (Lipinski definition) is 5. The molecule has 0 aromatic heterocycles. The molecule has 1 aliphatic heterocycles. The standard InChI is InChI=1S/C24H26N2O6/c1-14(21(27)26-20-12-31-13-24(20,2)22(28)29)25-23(30)32-11-19-17-9-5-3-7-15(17)16-8-4-6-10-18(16)19/h3-10,14,19-20H,11-13H2,1-2H3,(H,25,30)(H,26,27)(H,28,29)/t14-,20?,24?/m0/s1. The zero-order valence-electron chi connectivity index (χ0n) is 18.0. The molecule has 2 aromatic rings. The Balaban J connectivity index is 1.34. The fraction of sp³-hybridized carbons (Fsp3) is 0.375. The zero-order chi connectivity index (χ0) is 22.9. The molecule has 3 N–H and O–H groups in total. The van der Waals surface area contributed by atoms with Crippen LogP contribution in [0.25, 0.3) is 11.1 Å². The Morgan fingerprint density at radius 1 is 1.12 bits per heavy atom. The van der Waals surface area contributed by atoms with Gasteiger partial charge < -0.3 is 25.2 Å². The highest BCUT2D eigenvalue weighted by atomic mass is 16.5. The van der Waals surface area contributed by atoms with Gasteiger partial charge >= 0.3 is 12.1 Å². The Bertz CT molecular complexity index is 1010. The van der Waals surface area contributed by atoms with Gasteiger partial charge in [-0.25, -0.2) is 4.79 Å². The van der Waals surface area contributed by atoms with Gasteiger partial charge in [0.05, 0.1) is 19.3 Å². The Kier molecular flexibility index (Phi) is 5.88. The molecule has 4 rings (SSSR count). The van der Waals surface area contributed by atoms with Gasteiger partial charge in [0.1, 0.15) is 18.1 Å². The first-order valence-corrected chi connectivity index (χ1v) is 10.5. The van der Waals surface area contributed by atoms with E-state index in [1.165, 1.54) is 13.8 Å². The smallest absolute Gasteiger partial charge is 0.407 e. The van der Waals surface area contributed by atoms with Crippen molar-refractivity contribution < 1.29 is 29.0 Å². The highest BCUT2D eigenvalue weighted by Crippen LogP contribution is 2.44. The Morgan fingerprint density at radius 3 is 2.31 bits per heavy atom. The third-order valence-corrected chi connectivity index (χ3v) is 6.33. The first kappa shape index (κ1) is 21.8. The summed E-state index contributed by atoms with van der Waals surface area (Å²) in [5, 5.41) is 14.6. The SMILES string of the molecule is C[C@H](NC(=O)OCC1c2ccccc2-c2ccccc21)C(=O)NC1COCC1(C)C(=O)O. The number of carboxylic acids is 1. The number of hydrogen-bond donors (Lipinski definition) is 3. The third-order valence-electron chi connectivity index (χ3n) is 6.33. The molecule has 8 nitrogen and oxygen atoms in total. The first-order chi connectivity index (χ1) is 15.3. The number of nitrogens with one attached hydrogen (secondary N) is 2. The van der Waals surface area contributed by atoms with Crippen LogP contribution in [0.15, 0.2) is 48.5 Å². The molecule has 2 unspecified atom stereocenters.